The number of carbonyl (C=O) groups is 1. The van der Waals surface area contributed by atoms with Crippen LogP contribution in [-0.4, -0.2) is 27.3 Å². The minimum Gasteiger partial charge on any atom is -0.351 e. The number of H-pyrrole nitrogens is 1. The molecule has 1 saturated heterocycles. The molecule has 1 amide bonds. The van der Waals surface area contributed by atoms with E-state index in [4.69, 9.17) is 0 Å². The minimum atomic E-state index is 0.248. The number of carbonyl (C=O) groups excluding carboxylic acids is 1. The van der Waals surface area contributed by atoms with Crippen LogP contribution >= 0.6 is 0 Å². The van der Waals surface area contributed by atoms with E-state index in [2.05, 4.69) is 9.97 Å². The van der Waals surface area contributed by atoms with Crippen molar-refractivity contribution >= 4 is 5.91 Å². The molecule has 1 aliphatic rings. The predicted octanol–water partition coefficient (Wildman–Crippen LogP) is 0.532. The molecule has 0 unspecified atom stereocenters. The molecule has 0 radical (unpaired) electrons. The summed E-state index contributed by atoms with van der Waals surface area (Å²) >= 11 is 0. The molecule has 1 aromatic heterocycles. The summed E-state index contributed by atoms with van der Waals surface area (Å²) in [5.41, 5.74) is 0.935. The molecule has 0 saturated carbocycles. The number of nitrogens with one attached hydrogen (secondary N) is 1. The zero-order valence-corrected chi connectivity index (χ0v) is 6.79. The molecule has 0 aliphatic carbocycles. The van der Waals surface area contributed by atoms with Crippen molar-refractivity contribution in [2.45, 2.75) is 19.4 Å². The van der Waals surface area contributed by atoms with Crippen LogP contribution in [0, 0.1) is 0 Å². The van der Waals surface area contributed by atoms with Gasteiger partial charge in [-0.3, -0.25) is 4.79 Å². The number of likely N-dealkylation sites (tertiary alicyclic amines) is 1. The fourth-order valence-electron chi connectivity index (χ4n) is 1.44. The second kappa shape index (κ2) is 2.97. The zero-order chi connectivity index (χ0) is 8.39. The highest BCUT2D eigenvalue weighted by atomic mass is 16.2. The van der Waals surface area contributed by atoms with E-state index >= 15 is 0 Å². The standard InChI is InChI=1S/C8H11N3O/c12-8-2-1-3-11(8)5-7-4-9-6-10-7/h4,6H,1-3,5H2,(H,9,10). The Morgan fingerprint density at radius 2 is 2.58 bits per heavy atom. The summed E-state index contributed by atoms with van der Waals surface area (Å²) in [7, 11) is 0. The molecule has 1 fully saturated rings. The molecule has 64 valence electrons. The van der Waals surface area contributed by atoms with Gasteiger partial charge in [0.2, 0.25) is 5.91 Å². The lowest BCUT2D eigenvalue weighted by Crippen LogP contribution is -2.23. The number of imidazole rings is 1. The van der Waals surface area contributed by atoms with Crippen LogP contribution in [0.4, 0.5) is 0 Å². The quantitative estimate of drug-likeness (QED) is 0.695. The van der Waals surface area contributed by atoms with Crippen molar-refractivity contribution in [2.75, 3.05) is 6.54 Å². The van der Waals surface area contributed by atoms with E-state index in [1.807, 2.05) is 11.1 Å². The van der Waals surface area contributed by atoms with Gasteiger partial charge in [0.25, 0.3) is 0 Å². The Hall–Kier alpha value is -1.32. The number of hydrogen-bond donors (Lipinski definition) is 1. The molecular weight excluding hydrogens is 154 g/mol. The van der Waals surface area contributed by atoms with Gasteiger partial charge in [-0.2, -0.15) is 0 Å². The smallest absolute Gasteiger partial charge is 0.222 e. The van der Waals surface area contributed by atoms with Crippen LogP contribution in [0.3, 0.4) is 0 Å². The first-order chi connectivity index (χ1) is 5.86. The summed E-state index contributed by atoms with van der Waals surface area (Å²) in [6.07, 6.45) is 5.15. The molecule has 2 rings (SSSR count). The van der Waals surface area contributed by atoms with Crippen LogP contribution in [0.1, 0.15) is 18.5 Å². The van der Waals surface area contributed by atoms with Gasteiger partial charge >= 0.3 is 0 Å². The van der Waals surface area contributed by atoms with E-state index < -0.39 is 0 Å². The first-order valence-corrected chi connectivity index (χ1v) is 4.12. The molecule has 0 aromatic carbocycles. The molecule has 0 atom stereocenters. The van der Waals surface area contributed by atoms with Gasteiger partial charge in [0.05, 0.1) is 18.6 Å². The lowest BCUT2D eigenvalue weighted by atomic mass is 10.4. The molecule has 1 N–H and O–H groups in total. The van der Waals surface area contributed by atoms with Crippen molar-refractivity contribution in [2.24, 2.45) is 0 Å². The van der Waals surface area contributed by atoms with Crippen LogP contribution in [0.15, 0.2) is 12.5 Å². The maximum atomic E-state index is 11.2. The number of aromatic nitrogens is 2. The minimum absolute atomic E-state index is 0.248. The number of amides is 1. The maximum absolute atomic E-state index is 11.2. The summed E-state index contributed by atoms with van der Waals surface area (Å²) in [6.45, 7) is 1.54. The van der Waals surface area contributed by atoms with E-state index in [1.165, 1.54) is 0 Å². The number of nitrogens with zero attached hydrogens (tertiary/aromatic N) is 2. The Labute approximate surface area is 70.6 Å². The summed E-state index contributed by atoms with van der Waals surface area (Å²) in [5, 5.41) is 0. The molecule has 4 heteroatoms. The summed E-state index contributed by atoms with van der Waals surface area (Å²) in [6, 6.07) is 0. The van der Waals surface area contributed by atoms with Gasteiger partial charge < -0.3 is 9.88 Å². The van der Waals surface area contributed by atoms with Gasteiger partial charge in [-0.25, -0.2) is 4.98 Å². The molecule has 0 bridgehead atoms. The Balaban J connectivity index is 1.99. The zero-order valence-electron chi connectivity index (χ0n) is 6.79. The molecule has 4 nitrogen and oxygen atoms in total. The summed E-state index contributed by atoms with van der Waals surface area (Å²) in [4.78, 5) is 20.0. The number of aromatic amines is 1. The highest BCUT2D eigenvalue weighted by Crippen LogP contribution is 2.12. The van der Waals surface area contributed by atoms with Gasteiger partial charge in [0, 0.05) is 19.2 Å². The maximum Gasteiger partial charge on any atom is 0.222 e. The van der Waals surface area contributed by atoms with Crippen molar-refractivity contribution in [1.82, 2.24) is 14.9 Å². The van der Waals surface area contributed by atoms with E-state index in [0.717, 1.165) is 18.7 Å². The second-order valence-electron chi connectivity index (χ2n) is 2.98. The van der Waals surface area contributed by atoms with Crippen molar-refractivity contribution in [3.8, 4) is 0 Å². The first kappa shape index (κ1) is 7.34. The van der Waals surface area contributed by atoms with Crippen LogP contribution < -0.4 is 0 Å². The normalized spacial score (nSPS) is 17.3. The summed E-state index contributed by atoms with van der Waals surface area (Å²) < 4.78 is 0. The topological polar surface area (TPSA) is 49.0 Å². The fourth-order valence-corrected chi connectivity index (χ4v) is 1.44. The lowest BCUT2D eigenvalue weighted by molar-refractivity contribution is -0.128. The predicted molar refractivity (Wildman–Crippen MR) is 43.2 cm³/mol. The molecular formula is C8H11N3O. The number of hydrogen-bond acceptors (Lipinski definition) is 2. The van der Waals surface area contributed by atoms with Gasteiger partial charge in [-0.1, -0.05) is 0 Å². The van der Waals surface area contributed by atoms with Crippen LogP contribution in [0.25, 0.3) is 0 Å². The Morgan fingerprint density at radius 3 is 3.17 bits per heavy atom. The second-order valence-corrected chi connectivity index (χ2v) is 2.98. The van der Waals surface area contributed by atoms with Crippen molar-refractivity contribution in [3.05, 3.63) is 18.2 Å². The fraction of sp³-hybridized carbons (Fsp3) is 0.500. The van der Waals surface area contributed by atoms with Gasteiger partial charge in [0.1, 0.15) is 0 Å². The highest BCUT2D eigenvalue weighted by molar-refractivity contribution is 5.77. The van der Waals surface area contributed by atoms with E-state index in [0.29, 0.717) is 13.0 Å². The monoisotopic (exact) mass is 165 g/mol. The average Bonchev–Trinajstić information content (AvgIpc) is 2.65. The van der Waals surface area contributed by atoms with Gasteiger partial charge in [-0.05, 0) is 6.42 Å². The molecule has 2 heterocycles. The van der Waals surface area contributed by atoms with E-state index in [-0.39, 0.29) is 5.91 Å². The average molecular weight is 165 g/mol. The third-order valence-electron chi connectivity index (χ3n) is 2.08. The molecule has 0 spiro atoms. The first-order valence-electron chi connectivity index (χ1n) is 4.12. The summed E-state index contributed by atoms with van der Waals surface area (Å²) in [5.74, 6) is 0.248. The van der Waals surface area contributed by atoms with Crippen molar-refractivity contribution in [3.63, 3.8) is 0 Å². The van der Waals surface area contributed by atoms with Crippen LogP contribution in [0.5, 0.6) is 0 Å². The van der Waals surface area contributed by atoms with Crippen molar-refractivity contribution < 1.29 is 4.79 Å². The van der Waals surface area contributed by atoms with Crippen LogP contribution in [0.2, 0.25) is 0 Å². The third kappa shape index (κ3) is 1.32. The Kier molecular flexibility index (Phi) is 1.81. The van der Waals surface area contributed by atoms with Gasteiger partial charge in [-0.15, -0.1) is 0 Å². The molecule has 1 aromatic rings. The Bertz CT molecular complexity index is 268. The molecule has 12 heavy (non-hydrogen) atoms. The Morgan fingerprint density at radius 1 is 1.67 bits per heavy atom. The lowest BCUT2D eigenvalue weighted by Gasteiger charge is -2.12. The number of rotatable bonds is 2. The SMILES string of the molecule is O=C1CCCN1Cc1c[nH]cn1. The molecule has 1 aliphatic heterocycles. The largest absolute Gasteiger partial charge is 0.351 e. The van der Waals surface area contributed by atoms with Crippen molar-refractivity contribution in [1.29, 1.82) is 0 Å². The highest BCUT2D eigenvalue weighted by Gasteiger charge is 2.20. The van der Waals surface area contributed by atoms with E-state index in [1.54, 1.807) is 6.33 Å². The third-order valence-corrected chi connectivity index (χ3v) is 2.08. The van der Waals surface area contributed by atoms with Crippen LogP contribution in [-0.2, 0) is 11.3 Å². The van der Waals surface area contributed by atoms with E-state index in [9.17, 15) is 4.79 Å². The van der Waals surface area contributed by atoms with Gasteiger partial charge in [0.15, 0.2) is 0 Å².